The lowest BCUT2D eigenvalue weighted by molar-refractivity contribution is -0.116. The lowest BCUT2D eigenvalue weighted by atomic mass is 10.2. The van der Waals surface area contributed by atoms with Gasteiger partial charge in [-0.3, -0.25) is 9.10 Å². The van der Waals surface area contributed by atoms with Gasteiger partial charge in [-0.15, -0.1) is 0 Å². The van der Waals surface area contributed by atoms with E-state index < -0.39 is 27.8 Å². The number of carbonyl (C=O) groups excluding carboxylic acids is 1. The van der Waals surface area contributed by atoms with Crippen molar-refractivity contribution in [3.8, 4) is 0 Å². The van der Waals surface area contributed by atoms with Crippen LogP contribution in [0.15, 0.2) is 48.5 Å². The van der Waals surface area contributed by atoms with Gasteiger partial charge in [-0.05, 0) is 50.4 Å². The fourth-order valence-corrected chi connectivity index (χ4v) is 4.65. The largest absolute Gasteiger partial charge is 0.369 e. The summed E-state index contributed by atoms with van der Waals surface area (Å²) < 4.78 is 39.6. The third kappa shape index (κ3) is 5.09. The number of rotatable bonds is 6. The second-order valence-electron chi connectivity index (χ2n) is 7.51. The van der Waals surface area contributed by atoms with E-state index in [2.05, 4.69) is 22.2 Å². The van der Waals surface area contributed by atoms with Gasteiger partial charge in [0, 0.05) is 37.6 Å². The van der Waals surface area contributed by atoms with Gasteiger partial charge in [0.2, 0.25) is 15.9 Å². The van der Waals surface area contributed by atoms with Crippen molar-refractivity contribution >= 4 is 33.0 Å². The number of halogens is 1. The molecule has 3 rings (SSSR count). The van der Waals surface area contributed by atoms with Crippen LogP contribution >= 0.6 is 0 Å². The normalized spacial score (nSPS) is 16.2. The van der Waals surface area contributed by atoms with Crippen molar-refractivity contribution in [1.29, 1.82) is 0 Å². The molecule has 1 heterocycles. The van der Waals surface area contributed by atoms with Gasteiger partial charge in [-0.2, -0.15) is 0 Å². The molecule has 1 saturated heterocycles. The fourth-order valence-electron chi connectivity index (χ4n) is 3.48. The predicted octanol–water partition coefficient (Wildman–Crippen LogP) is 2.37. The number of likely N-dealkylation sites (N-methyl/N-ethyl adjacent to an activating group) is 1. The van der Waals surface area contributed by atoms with Crippen LogP contribution in [0.1, 0.15) is 6.92 Å². The van der Waals surface area contributed by atoms with Crippen molar-refractivity contribution in [2.75, 3.05) is 54.0 Å². The van der Waals surface area contributed by atoms with Gasteiger partial charge >= 0.3 is 0 Å². The third-order valence-electron chi connectivity index (χ3n) is 5.18. The summed E-state index contributed by atoms with van der Waals surface area (Å²) in [5.41, 5.74) is 1.46. The Balaban J connectivity index is 1.73. The Hall–Kier alpha value is -2.65. The van der Waals surface area contributed by atoms with E-state index in [4.69, 9.17) is 0 Å². The highest BCUT2D eigenvalue weighted by Gasteiger charge is 2.31. The molecule has 1 amide bonds. The molecule has 7 nitrogen and oxygen atoms in total. The molecule has 2 aromatic carbocycles. The second kappa shape index (κ2) is 9.01. The van der Waals surface area contributed by atoms with Crippen LogP contribution in [0.2, 0.25) is 0 Å². The molecule has 1 N–H and O–H groups in total. The highest BCUT2D eigenvalue weighted by atomic mass is 32.2. The molecular formula is C21H27FN4O3S. The summed E-state index contributed by atoms with van der Waals surface area (Å²) in [6, 6.07) is 11.8. The molecule has 0 saturated carbocycles. The number of hydrogen-bond acceptors (Lipinski definition) is 5. The van der Waals surface area contributed by atoms with Gasteiger partial charge in [-0.1, -0.05) is 12.1 Å². The van der Waals surface area contributed by atoms with E-state index in [-0.39, 0.29) is 5.69 Å². The summed E-state index contributed by atoms with van der Waals surface area (Å²) in [5.74, 6) is -1.25. The molecule has 162 valence electrons. The minimum atomic E-state index is -3.88. The van der Waals surface area contributed by atoms with Crippen molar-refractivity contribution in [3.05, 3.63) is 54.3 Å². The first-order valence-electron chi connectivity index (χ1n) is 9.75. The SMILES string of the molecule is C[C@@H](C(=O)Nc1ccc(N2CCN(C)CC2)cc1)N(c1ccccc1F)S(C)(=O)=O. The van der Waals surface area contributed by atoms with Crippen molar-refractivity contribution < 1.29 is 17.6 Å². The number of para-hydroxylation sites is 1. The maximum absolute atomic E-state index is 14.2. The minimum Gasteiger partial charge on any atom is -0.369 e. The van der Waals surface area contributed by atoms with Gasteiger partial charge in [0.25, 0.3) is 0 Å². The first-order valence-corrected chi connectivity index (χ1v) is 11.6. The molecule has 0 aliphatic carbocycles. The smallest absolute Gasteiger partial charge is 0.247 e. The summed E-state index contributed by atoms with van der Waals surface area (Å²) in [6.45, 7) is 5.29. The zero-order valence-corrected chi connectivity index (χ0v) is 18.2. The van der Waals surface area contributed by atoms with E-state index in [0.29, 0.717) is 5.69 Å². The summed E-state index contributed by atoms with van der Waals surface area (Å²) in [7, 11) is -1.79. The fraction of sp³-hybridized carbons (Fsp3) is 0.381. The Morgan fingerprint density at radius 1 is 1.07 bits per heavy atom. The summed E-state index contributed by atoms with van der Waals surface area (Å²) in [4.78, 5) is 17.3. The zero-order chi connectivity index (χ0) is 21.9. The molecular weight excluding hydrogens is 407 g/mol. The molecule has 0 unspecified atom stereocenters. The Morgan fingerprint density at radius 3 is 2.23 bits per heavy atom. The lowest BCUT2D eigenvalue weighted by Crippen LogP contribution is -2.45. The molecule has 1 atom stereocenters. The quantitative estimate of drug-likeness (QED) is 0.756. The number of sulfonamides is 1. The molecule has 0 aromatic heterocycles. The number of hydrogen-bond donors (Lipinski definition) is 1. The van der Waals surface area contributed by atoms with E-state index >= 15 is 0 Å². The summed E-state index contributed by atoms with van der Waals surface area (Å²) >= 11 is 0. The molecule has 1 aliphatic rings. The van der Waals surface area contributed by atoms with E-state index in [9.17, 15) is 17.6 Å². The number of benzene rings is 2. The Labute approximate surface area is 177 Å². The Bertz CT molecular complexity index is 990. The van der Waals surface area contributed by atoms with Crippen LogP contribution in [0.4, 0.5) is 21.5 Å². The molecule has 30 heavy (non-hydrogen) atoms. The van der Waals surface area contributed by atoms with Crippen LogP contribution < -0.4 is 14.5 Å². The molecule has 1 aliphatic heterocycles. The highest BCUT2D eigenvalue weighted by Crippen LogP contribution is 2.25. The topological polar surface area (TPSA) is 73.0 Å². The van der Waals surface area contributed by atoms with Crippen LogP contribution in [0.3, 0.4) is 0 Å². The molecule has 1 fully saturated rings. The number of amides is 1. The summed E-state index contributed by atoms with van der Waals surface area (Å²) in [5, 5.41) is 2.73. The average molecular weight is 435 g/mol. The minimum absolute atomic E-state index is 0.159. The molecule has 9 heteroatoms. The second-order valence-corrected chi connectivity index (χ2v) is 9.37. The van der Waals surface area contributed by atoms with Gasteiger partial charge < -0.3 is 15.1 Å². The van der Waals surface area contributed by atoms with E-state index in [1.54, 1.807) is 12.1 Å². The van der Waals surface area contributed by atoms with Crippen LogP contribution in [0.5, 0.6) is 0 Å². The number of carbonyl (C=O) groups is 1. The van der Waals surface area contributed by atoms with Crippen molar-refractivity contribution in [2.45, 2.75) is 13.0 Å². The van der Waals surface area contributed by atoms with E-state index in [1.807, 2.05) is 12.1 Å². The van der Waals surface area contributed by atoms with Gasteiger partial charge in [-0.25, -0.2) is 12.8 Å². The zero-order valence-electron chi connectivity index (χ0n) is 17.4. The van der Waals surface area contributed by atoms with E-state index in [1.165, 1.54) is 25.1 Å². The van der Waals surface area contributed by atoms with Gasteiger partial charge in [0.1, 0.15) is 11.9 Å². The van der Waals surface area contributed by atoms with Crippen molar-refractivity contribution in [2.24, 2.45) is 0 Å². The summed E-state index contributed by atoms with van der Waals surface area (Å²) in [6.07, 6.45) is 0.952. The third-order valence-corrected chi connectivity index (χ3v) is 6.41. The predicted molar refractivity (Wildman–Crippen MR) is 118 cm³/mol. The van der Waals surface area contributed by atoms with Crippen LogP contribution in [0.25, 0.3) is 0 Å². The first-order chi connectivity index (χ1) is 14.2. The lowest BCUT2D eigenvalue weighted by Gasteiger charge is -2.34. The standard InChI is InChI=1S/C21H27FN4O3S/c1-16(26(30(3,28)29)20-7-5-4-6-19(20)22)21(27)23-17-8-10-18(11-9-17)25-14-12-24(2)13-15-25/h4-11,16H,12-15H2,1-3H3,(H,23,27)/t16-/m0/s1. The van der Waals surface area contributed by atoms with Crippen molar-refractivity contribution in [1.82, 2.24) is 4.90 Å². The molecule has 0 radical (unpaired) electrons. The maximum Gasteiger partial charge on any atom is 0.247 e. The van der Waals surface area contributed by atoms with Gasteiger partial charge in [0.05, 0.1) is 11.9 Å². The van der Waals surface area contributed by atoms with Crippen LogP contribution in [0, 0.1) is 5.82 Å². The van der Waals surface area contributed by atoms with Crippen molar-refractivity contribution in [3.63, 3.8) is 0 Å². The van der Waals surface area contributed by atoms with E-state index in [0.717, 1.165) is 48.5 Å². The monoisotopic (exact) mass is 434 g/mol. The van der Waals surface area contributed by atoms with Crippen LogP contribution in [-0.4, -0.2) is 64.7 Å². The molecule has 0 bridgehead atoms. The molecule has 0 spiro atoms. The highest BCUT2D eigenvalue weighted by molar-refractivity contribution is 7.92. The molecule has 2 aromatic rings. The number of anilines is 3. The number of nitrogens with one attached hydrogen (secondary N) is 1. The van der Waals surface area contributed by atoms with Crippen LogP contribution in [-0.2, 0) is 14.8 Å². The van der Waals surface area contributed by atoms with Gasteiger partial charge in [0.15, 0.2) is 0 Å². The Kier molecular flexibility index (Phi) is 6.62. The maximum atomic E-state index is 14.2. The first kappa shape index (κ1) is 22.0. The number of nitrogens with zero attached hydrogens (tertiary/aromatic N) is 3. The number of piperazine rings is 1. The average Bonchev–Trinajstić information content (AvgIpc) is 2.70. The Morgan fingerprint density at radius 2 is 1.67 bits per heavy atom.